The third-order valence-corrected chi connectivity index (χ3v) is 6.95. The van der Waals surface area contributed by atoms with E-state index in [1.807, 2.05) is 23.5 Å². The molecule has 0 bridgehead atoms. The summed E-state index contributed by atoms with van der Waals surface area (Å²) in [5.74, 6) is 3.35. The number of nitrogen functional groups attached to an aromatic ring is 1. The lowest BCUT2D eigenvalue weighted by molar-refractivity contribution is 0.0959. The molecule has 0 radical (unpaired) electrons. The van der Waals surface area contributed by atoms with Crippen LogP contribution in [0.2, 0.25) is 0 Å². The molecule has 8 heteroatoms. The number of carbonyl (C=O) groups excluding carboxylic acids is 1. The summed E-state index contributed by atoms with van der Waals surface area (Å²) in [4.78, 5) is 13.5. The topological polar surface area (TPSA) is 80.9 Å². The van der Waals surface area contributed by atoms with Crippen LogP contribution in [0.3, 0.4) is 0 Å². The molecular weight excluding hydrogens is 312 g/mol. The van der Waals surface area contributed by atoms with Gasteiger partial charge in [-0.05, 0) is 6.07 Å². The maximum atomic E-state index is 12.2. The van der Waals surface area contributed by atoms with Crippen molar-refractivity contribution in [1.29, 1.82) is 0 Å². The number of thioether (sulfide) groups is 2. The molecule has 2 aromatic rings. The number of rotatable bonds is 3. The smallest absolute Gasteiger partial charge is 0.263 e. The minimum atomic E-state index is -0.110. The Balaban J connectivity index is 1.70. The molecule has 1 atom stereocenters. The standard InChI is InChI=1S/C12H14N4OS3/c13-9-8-1-2-15-16-12(8)20-10(9)11(17)14-5-7-6-18-3-4-19-7/h1-2,7H,3-6,13H2,(H,14,17). The van der Waals surface area contributed by atoms with E-state index in [2.05, 4.69) is 15.5 Å². The lowest BCUT2D eigenvalue weighted by Crippen LogP contribution is -2.33. The zero-order chi connectivity index (χ0) is 13.9. The maximum Gasteiger partial charge on any atom is 0.263 e. The second-order valence-electron chi connectivity index (χ2n) is 4.37. The predicted molar refractivity (Wildman–Crippen MR) is 87.7 cm³/mol. The van der Waals surface area contributed by atoms with Gasteiger partial charge in [0.1, 0.15) is 9.71 Å². The van der Waals surface area contributed by atoms with Crippen molar-refractivity contribution in [3.8, 4) is 0 Å². The Hall–Kier alpha value is -0.990. The fourth-order valence-corrected chi connectivity index (χ4v) is 5.55. The summed E-state index contributed by atoms with van der Waals surface area (Å²) in [5, 5.41) is 12.1. The number of anilines is 1. The van der Waals surface area contributed by atoms with Gasteiger partial charge in [-0.15, -0.1) is 16.4 Å². The molecule has 3 rings (SSSR count). The molecule has 1 aliphatic heterocycles. The number of fused-ring (bicyclic) bond motifs is 1. The molecule has 2 aromatic heterocycles. The lowest BCUT2D eigenvalue weighted by Gasteiger charge is -2.20. The monoisotopic (exact) mass is 326 g/mol. The summed E-state index contributed by atoms with van der Waals surface area (Å²) in [6.07, 6.45) is 1.59. The number of carbonyl (C=O) groups is 1. The van der Waals surface area contributed by atoms with E-state index in [9.17, 15) is 4.79 Å². The van der Waals surface area contributed by atoms with Gasteiger partial charge < -0.3 is 11.1 Å². The summed E-state index contributed by atoms with van der Waals surface area (Å²) >= 11 is 5.16. The van der Waals surface area contributed by atoms with Crippen LogP contribution in [0, 0.1) is 0 Å². The first-order chi connectivity index (χ1) is 9.75. The van der Waals surface area contributed by atoms with Crippen LogP contribution in [-0.2, 0) is 0 Å². The van der Waals surface area contributed by atoms with Gasteiger partial charge in [0.2, 0.25) is 0 Å². The molecule has 106 valence electrons. The zero-order valence-electron chi connectivity index (χ0n) is 10.7. The molecule has 1 saturated heterocycles. The average molecular weight is 326 g/mol. The van der Waals surface area contributed by atoms with Gasteiger partial charge in [0, 0.05) is 34.4 Å². The largest absolute Gasteiger partial charge is 0.397 e. The fraction of sp³-hybridized carbons (Fsp3) is 0.417. The van der Waals surface area contributed by atoms with E-state index in [0.717, 1.165) is 16.9 Å². The van der Waals surface area contributed by atoms with Crippen LogP contribution in [0.5, 0.6) is 0 Å². The van der Waals surface area contributed by atoms with Crippen LogP contribution < -0.4 is 11.1 Å². The van der Waals surface area contributed by atoms with Crippen LogP contribution in [-0.4, -0.2) is 45.2 Å². The van der Waals surface area contributed by atoms with E-state index < -0.39 is 0 Å². The van der Waals surface area contributed by atoms with Crippen LogP contribution in [0.1, 0.15) is 9.67 Å². The van der Waals surface area contributed by atoms with E-state index in [1.54, 1.807) is 12.3 Å². The quantitative estimate of drug-likeness (QED) is 0.896. The molecule has 0 aromatic carbocycles. The van der Waals surface area contributed by atoms with Gasteiger partial charge in [-0.3, -0.25) is 4.79 Å². The SMILES string of the molecule is Nc1c(C(=O)NCC2CSCCS2)sc2nnccc12. The van der Waals surface area contributed by atoms with Crippen molar-refractivity contribution in [2.75, 3.05) is 29.5 Å². The van der Waals surface area contributed by atoms with Gasteiger partial charge in [-0.2, -0.15) is 28.6 Å². The van der Waals surface area contributed by atoms with E-state index in [-0.39, 0.29) is 5.91 Å². The highest BCUT2D eigenvalue weighted by molar-refractivity contribution is 8.06. The third kappa shape index (κ3) is 2.87. The molecule has 0 saturated carbocycles. The number of nitrogens with two attached hydrogens (primary N) is 1. The molecule has 3 heterocycles. The molecule has 5 nitrogen and oxygen atoms in total. The minimum absolute atomic E-state index is 0.110. The summed E-state index contributed by atoms with van der Waals surface area (Å²) in [7, 11) is 0. The molecular formula is C12H14N4OS3. The summed E-state index contributed by atoms with van der Waals surface area (Å²) in [6.45, 7) is 0.690. The lowest BCUT2D eigenvalue weighted by atomic mass is 10.3. The van der Waals surface area contributed by atoms with Crippen molar-refractivity contribution in [2.45, 2.75) is 5.25 Å². The molecule has 20 heavy (non-hydrogen) atoms. The zero-order valence-corrected chi connectivity index (χ0v) is 13.1. The van der Waals surface area contributed by atoms with Gasteiger partial charge in [0.25, 0.3) is 5.91 Å². The van der Waals surface area contributed by atoms with Crippen molar-refractivity contribution in [1.82, 2.24) is 15.5 Å². The Morgan fingerprint density at radius 2 is 2.40 bits per heavy atom. The average Bonchev–Trinajstić information content (AvgIpc) is 2.84. The van der Waals surface area contributed by atoms with Crippen molar-refractivity contribution in [3.05, 3.63) is 17.1 Å². The van der Waals surface area contributed by atoms with Crippen molar-refractivity contribution < 1.29 is 4.79 Å². The van der Waals surface area contributed by atoms with E-state index >= 15 is 0 Å². The molecule has 0 aliphatic carbocycles. The van der Waals surface area contributed by atoms with Crippen LogP contribution in [0.4, 0.5) is 5.69 Å². The van der Waals surface area contributed by atoms with E-state index in [4.69, 9.17) is 5.73 Å². The minimum Gasteiger partial charge on any atom is -0.397 e. The van der Waals surface area contributed by atoms with Gasteiger partial charge >= 0.3 is 0 Å². The summed E-state index contributed by atoms with van der Waals surface area (Å²) in [6, 6.07) is 1.79. The van der Waals surface area contributed by atoms with Crippen LogP contribution >= 0.6 is 34.9 Å². The molecule has 3 N–H and O–H groups in total. The normalized spacial score (nSPS) is 19.1. The number of hydrogen-bond donors (Lipinski definition) is 2. The molecule has 0 spiro atoms. The van der Waals surface area contributed by atoms with Crippen molar-refractivity contribution >= 4 is 56.7 Å². The molecule has 1 fully saturated rings. The van der Waals surface area contributed by atoms with E-state index in [1.165, 1.54) is 17.1 Å². The number of aromatic nitrogens is 2. The number of nitrogens with one attached hydrogen (secondary N) is 1. The Labute approximate surface area is 129 Å². The summed E-state index contributed by atoms with van der Waals surface area (Å²) in [5.41, 5.74) is 6.52. The van der Waals surface area contributed by atoms with Crippen LogP contribution in [0.25, 0.3) is 10.2 Å². The first kappa shape index (κ1) is 14.0. The fourth-order valence-electron chi connectivity index (χ4n) is 1.98. The number of thiophene rings is 1. The highest BCUT2D eigenvalue weighted by Crippen LogP contribution is 2.31. The van der Waals surface area contributed by atoms with Crippen molar-refractivity contribution in [2.24, 2.45) is 0 Å². The van der Waals surface area contributed by atoms with Gasteiger partial charge in [0.15, 0.2) is 0 Å². The number of nitrogens with zero attached hydrogens (tertiary/aromatic N) is 2. The summed E-state index contributed by atoms with van der Waals surface area (Å²) < 4.78 is 0. The van der Waals surface area contributed by atoms with Crippen LogP contribution in [0.15, 0.2) is 12.3 Å². The number of amides is 1. The Bertz CT molecular complexity index is 624. The van der Waals surface area contributed by atoms with Gasteiger partial charge in [0.05, 0.1) is 11.9 Å². The van der Waals surface area contributed by atoms with Gasteiger partial charge in [-0.25, -0.2) is 0 Å². The molecule has 1 aliphatic rings. The Morgan fingerprint density at radius 1 is 1.50 bits per heavy atom. The Kier molecular flexibility index (Phi) is 4.32. The van der Waals surface area contributed by atoms with Crippen molar-refractivity contribution in [3.63, 3.8) is 0 Å². The maximum absolute atomic E-state index is 12.2. The first-order valence-electron chi connectivity index (χ1n) is 6.23. The molecule has 1 amide bonds. The third-order valence-electron chi connectivity index (χ3n) is 3.00. The second kappa shape index (κ2) is 6.19. The van der Waals surface area contributed by atoms with E-state index in [0.29, 0.717) is 27.2 Å². The predicted octanol–water partition coefficient (Wildman–Crippen LogP) is 1.85. The highest BCUT2D eigenvalue weighted by Gasteiger charge is 2.19. The van der Waals surface area contributed by atoms with Gasteiger partial charge in [-0.1, -0.05) is 0 Å². The molecule has 1 unspecified atom stereocenters. The second-order valence-corrected chi connectivity index (χ2v) is 7.93. The first-order valence-corrected chi connectivity index (χ1v) is 9.25. The highest BCUT2D eigenvalue weighted by atomic mass is 32.2. The number of hydrogen-bond acceptors (Lipinski definition) is 7. The Morgan fingerprint density at radius 3 is 3.15 bits per heavy atom.